The average Bonchev–Trinajstić information content (AvgIpc) is 2.80. The predicted octanol–water partition coefficient (Wildman–Crippen LogP) is 3.69. The van der Waals surface area contributed by atoms with E-state index in [1.165, 1.54) is 4.88 Å². The minimum Gasteiger partial charge on any atom is -0.488 e. The Morgan fingerprint density at radius 3 is 2.82 bits per heavy atom. The van der Waals surface area contributed by atoms with Gasteiger partial charge in [0.2, 0.25) is 0 Å². The third-order valence-electron chi connectivity index (χ3n) is 2.57. The summed E-state index contributed by atoms with van der Waals surface area (Å²) in [5.74, 6) is 0.763. The van der Waals surface area contributed by atoms with Crippen LogP contribution in [-0.4, -0.2) is 5.11 Å². The molecule has 0 radical (unpaired) electrons. The van der Waals surface area contributed by atoms with Gasteiger partial charge < -0.3 is 9.84 Å². The van der Waals surface area contributed by atoms with Crippen LogP contribution in [0.2, 0.25) is 0 Å². The van der Waals surface area contributed by atoms with Crippen molar-refractivity contribution in [1.29, 1.82) is 0 Å². The number of aliphatic hydroxyl groups excluding tert-OH is 1. The largest absolute Gasteiger partial charge is 0.488 e. The van der Waals surface area contributed by atoms with Gasteiger partial charge in [-0.15, -0.1) is 11.3 Å². The number of rotatable bonds is 4. The standard InChI is InChI=1S/C14H16O2S/c1-10-5-6-14(13(8-10)11(2)15)16-9-12-4-3-7-17-12/h3-8,11,15H,9H2,1-2H3/t11-/m1/s1. The minimum absolute atomic E-state index is 0.506. The van der Waals surface area contributed by atoms with E-state index in [9.17, 15) is 5.11 Å². The third kappa shape index (κ3) is 3.08. The molecule has 1 heterocycles. The Hall–Kier alpha value is -1.32. The van der Waals surface area contributed by atoms with Gasteiger partial charge in [0.25, 0.3) is 0 Å². The van der Waals surface area contributed by atoms with Crippen molar-refractivity contribution in [1.82, 2.24) is 0 Å². The molecule has 2 rings (SSSR count). The lowest BCUT2D eigenvalue weighted by Gasteiger charge is -2.13. The summed E-state index contributed by atoms with van der Waals surface area (Å²) in [5.41, 5.74) is 1.98. The van der Waals surface area contributed by atoms with Crippen LogP contribution in [0.3, 0.4) is 0 Å². The molecule has 0 aliphatic heterocycles. The molecule has 3 heteroatoms. The van der Waals surface area contributed by atoms with Crippen molar-refractivity contribution in [3.8, 4) is 5.75 Å². The van der Waals surface area contributed by atoms with Gasteiger partial charge in [-0.1, -0.05) is 17.7 Å². The fourth-order valence-corrected chi connectivity index (χ4v) is 2.29. The first-order valence-corrected chi connectivity index (χ1v) is 6.48. The van der Waals surface area contributed by atoms with Gasteiger partial charge in [-0.05, 0) is 37.4 Å². The molecular formula is C14H16O2S. The van der Waals surface area contributed by atoms with Gasteiger partial charge in [-0.25, -0.2) is 0 Å². The highest BCUT2D eigenvalue weighted by atomic mass is 32.1. The molecule has 0 aliphatic carbocycles. The van der Waals surface area contributed by atoms with Crippen molar-refractivity contribution in [3.63, 3.8) is 0 Å². The zero-order chi connectivity index (χ0) is 12.3. The number of hydrogen-bond acceptors (Lipinski definition) is 3. The van der Waals surface area contributed by atoms with Gasteiger partial charge >= 0.3 is 0 Å². The van der Waals surface area contributed by atoms with Crippen molar-refractivity contribution in [2.45, 2.75) is 26.6 Å². The maximum atomic E-state index is 9.71. The molecule has 1 atom stereocenters. The quantitative estimate of drug-likeness (QED) is 0.894. The van der Waals surface area contributed by atoms with Crippen LogP contribution in [-0.2, 0) is 6.61 Å². The molecule has 0 amide bonds. The first kappa shape index (κ1) is 12.1. The molecule has 0 aliphatic rings. The molecule has 0 fully saturated rings. The number of thiophene rings is 1. The lowest BCUT2D eigenvalue weighted by atomic mass is 10.1. The molecule has 90 valence electrons. The minimum atomic E-state index is -0.506. The Bertz CT molecular complexity index is 475. The van der Waals surface area contributed by atoms with E-state index >= 15 is 0 Å². The summed E-state index contributed by atoms with van der Waals surface area (Å²) in [4.78, 5) is 1.18. The second kappa shape index (κ2) is 5.34. The maximum Gasteiger partial charge on any atom is 0.125 e. The summed E-state index contributed by atoms with van der Waals surface area (Å²) in [6, 6.07) is 9.93. The van der Waals surface area contributed by atoms with E-state index in [2.05, 4.69) is 0 Å². The zero-order valence-corrected chi connectivity index (χ0v) is 10.8. The molecule has 1 N–H and O–H groups in total. The molecule has 0 spiro atoms. The van der Waals surface area contributed by atoms with Gasteiger partial charge in [0.1, 0.15) is 12.4 Å². The van der Waals surface area contributed by atoms with Gasteiger partial charge in [0.15, 0.2) is 0 Å². The van der Waals surface area contributed by atoms with Crippen LogP contribution in [0, 0.1) is 6.92 Å². The van der Waals surface area contributed by atoms with Crippen molar-refractivity contribution >= 4 is 11.3 Å². The van der Waals surface area contributed by atoms with E-state index in [1.54, 1.807) is 18.3 Å². The Labute approximate surface area is 105 Å². The van der Waals surface area contributed by atoms with E-state index in [-0.39, 0.29) is 0 Å². The van der Waals surface area contributed by atoms with E-state index < -0.39 is 6.10 Å². The lowest BCUT2D eigenvalue weighted by molar-refractivity contribution is 0.190. The van der Waals surface area contributed by atoms with Crippen molar-refractivity contribution in [2.75, 3.05) is 0 Å². The highest BCUT2D eigenvalue weighted by molar-refractivity contribution is 7.09. The number of ether oxygens (including phenoxy) is 1. The third-order valence-corrected chi connectivity index (χ3v) is 3.42. The van der Waals surface area contributed by atoms with Gasteiger partial charge in [-0.3, -0.25) is 0 Å². The van der Waals surface area contributed by atoms with Gasteiger partial charge in [0, 0.05) is 10.4 Å². The second-order valence-electron chi connectivity index (χ2n) is 4.09. The van der Waals surface area contributed by atoms with Crippen LogP contribution >= 0.6 is 11.3 Å². The van der Waals surface area contributed by atoms with Crippen LogP contribution < -0.4 is 4.74 Å². The Kier molecular flexibility index (Phi) is 3.82. The average molecular weight is 248 g/mol. The van der Waals surface area contributed by atoms with E-state index in [0.29, 0.717) is 6.61 Å². The smallest absolute Gasteiger partial charge is 0.125 e. The summed E-state index contributed by atoms with van der Waals surface area (Å²) in [7, 11) is 0. The number of benzene rings is 1. The van der Waals surface area contributed by atoms with Crippen LogP contribution in [0.5, 0.6) is 5.75 Å². The monoisotopic (exact) mass is 248 g/mol. The SMILES string of the molecule is Cc1ccc(OCc2cccs2)c([C@@H](C)O)c1. The number of aryl methyl sites for hydroxylation is 1. The summed E-state index contributed by atoms with van der Waals surface area (Å²) in [6.07, 6.45) is -0.506. The molecule has 1 aromatic carbocycles. The van der Waals surface area contributed by atoms with E-state index in [4.69, 9.17) is 4.74 Å². The molecule has 0 saturated carbocycles. The Balaban J connectivity index is 2.14. The normalized spacial score (nSPS) is 12.4. The molecule has 2 aromatic rings. The van der Waals surface area contributed by atoms with E-state index in [1.807, 2.05) is 42.6 Å². The molecular weight excluding hydrogens is 232 g/mol. The zero-order valence-electron chi connectivity index (χ0n) is 10.0. The van der Waals surface area contributed by atoms with Crippen molar-refractivity contribution < 1.29 is 9.84 Å². The van der Waals surface area contributed by atoms with Crippen LogP contribution in [0.4, 0.5) is 0 Å². The van der Waals surface area contributed by atoms with Crippen LogP contribution in [0.15, 0.2) is 35.7 Å². The number of hydrogen-bond donors (Lipinski definition) is 1. The Morgan fingerprint density at radius 1 is 1.35 bits per heavy atom. The predicted molar refractivity (Wildman–Crippen MR) is 70.5 cm³/mol. The highest BCUT2D eigenvalue weighted by Crippen LogP contribution is 2.27. The lowest BCUT2D eigenvalue weighted by Crippen LogP contribution is -2.00. The number of aliphatic hydroxyl groups is 1. The summed E-state index contributed by atoms with van der Waals surface area (Å²) < 4.78 is 5.75. The second-order valence-corrected chi connectivity index (χ2v) is 5.12. The molecule has 17 heavy (non-hydrogen) atoms. The van der Waals surface area contributed by atoms with Gasteiger partial charge in [-0.2, -0.15) is 0 Å². The fraction of sp³-hybridized carbons (Fsp3) is 0.286. The van der Waals surface area contributed by atoms with Crippen molar-refractivity contribution in [3.05, 3.63) is 51.7 Å². The van der Waals surface area contributed by atoms with Crippen LogP contribution in [0.1, 0.15) is 29.0 Å². The van der Waals surface area contributed by atoms with E-state index in [0.717, 1.165) is 16.9 Å². The maximum absolute atomic E-state index is 9.71. The molecule has 0 saturated heterocycles. The van der Waals surface area contributed by atoms with Crippen LogP contribution in [0.25, 0.3) is 0 Å². The summed E-state index contributed by atoms with van der Waals surface area (Å²) in [5, 5.41) is 11.7. The highest BCUT2D eigenvalue weighted by Gasteiger charge is 2.09. The molecule has 0 unspecified atom stereocenters. The topological polar surface area (TPSA) is 29.5 Å². The molecule has 0 bridgehead atoms. The first-order valence-electron chi connectivity index (χ1n) is 5.60. The Morgan fingerprint density at radius 2 is 2.18 bits per heavy atom. The molecule has 2 nitrogen and oxygen atoms in total. The fourth-order valence-electron chi connectivity index (χ4n) is 1.67. The summed E-state index contributed by atoms with van der Waals surface area (Å²) in [6.45, 7) is 4.32. The summed E-state index contributed by atoms with van der Waals surface area (Å²) >= 11 is 1.67. The van der Waals surface area contributed by atoms with Crippen molar-refractivity contribution in [2.24, 2.45) is 0 Å². The first-order chi connectivity index (χ1) is 8.16. The van der Waals surface area contributed by atoms with Gasteiger partial charge in [0.05, 0.1) is 6.10 Å². The molecule has 1 aromatic heterocycles.